The van der Waals surface area contributed by atoms with Gasteiger partial charge in [-0.3, -0.25) is 9.89 Å². The molecular weight excluding hydrogens is 282 g/mol. The number of nitrogens with zero attached hydrogens (tertiary/aromatic N) is 2. The van der Waals surface area contributed by atoms with E-state index in [1.807, 2.05) is 30.1 Å². The molecule has 0 atom stereocenters. The Balaban J connectivity index is 2.22. The zero-order valence-electron chi connectivity index (χ0n) is 12.8. The molecule has 0 spiro atoms. The van der Waals surface area contributed by atoms with Gasteiger partial charge in [0.2, 0.25) is 0 Å². The third kappa shape index (κ3) is 3.37. The number of rotatable bonds is 5. The number of hydrogen-bond acceptors (Lipinski definition) is 4. The van der Waals surface area contributed by atoms with Crippen LogP contribution in [-0.4, -0.2) is 35.9 Å². The number of amides is 1. The topological polar surface area (TPSA) is 96.1 Å². The Labute approximate surface area is 128 Å². The maximum Gasteiger partial charge on any atom is 0.348 e. The molecule has 0 fully saturated rings. The minimum absolute atomic E-state index is 0.370. The molecule has 0 saturated carbocycles. The van der Waals surface area contributed by atoms with E-state index in [-0.39, 0.29) is 5.56 Å². The largest absolute Gasteiger partial charge is 0.369 e. The SMILES string of the molecule is Cc1[nH]n(C(=O)Nc2ccccc2)c(=O)c1N(C)CCCN. The van der Waals surface area contributed by atoms with Crippen LogP contribution >= 0.6 is 0 Å². The van der Waals surface area contributed by atoms with Gasteiger partial charge in [-0.25, -0.2) is 4.79 Å². The average Bonchev–Trinajstić information content (AvgIpc) is 2.81. The molecule has 2 aromatic rings. The molecule has 0 saturated heterocycles. The molecule has 118 valence electrons. The highest BCUT2D eigenvalue weighted by atomic mass is 16.2. The third-order valence-electron chi connectivity index (χ3n) is 3.35. The first-order valence-corrected chi connectivity index (χ1v) is 7.14. The van der Waals surface area contributed by atoms with E-state index in [2.05, 4.69) is 10.4 Å². The van der Waals surface area contributed by atoms with E-state index in [1.165, 1.54) is 0 Å². The molecule has 0 bridgehead atoms. The van der Waals surface area contributed by atoms with Gasteiger partial charge in [0.15, 0.2) is 0 Å². The molecule has 4 N–H and O–H groups in total. The molecule has 7 heteroatoms. The third-order valence-corrected chi connectivity index (χ3v) is 3.35. The summed E-state index contributed by atoms with van der Waals surface area (Å²) in [5.41, 5.74) is 6.88. The lowest BCUT2D eigenvalue weighted by Crippen LogP contribution is -2.33. The van der Waals surface area contributed by atoms with Crippen molar-refractivity contribution in [3.05, 3.63) is 46.4 Å². The first kappa shape index (κ1) is 15.8. The number of carbonyl (C=O) groups excluding carboxylic acids is 1. The Hall–Kier alpha value is -2.54. The number of anilines is 2. The molecule has 7 nitrogen and oxygen atoms in total. The van der Waals surface area contributed by atoms with Crippen LogP contribution in [0.2, 0.25) is 0 Å². The van der Waals surface area contributed by atoms with Crippen LogP contribution < -0.4 is 21.5 Å². The van der Waals surface area contributed by atoms with Gasteiger partial charge in [0, 0.05) is 19.3 Å². The van der Waals surface area contributed by atoms with Crippen LogP contribution in [0.1, 0.15) is 12.1 Å². The summed E-state index contributed by atoms with van der Waals surface area (Å²) in [6, 6.07) is 8.47. The molecule has 2 rings (SSSR count). The summed E-state index contributed by atoms with van der Waals surface area (Å²) < 4.78 is 0.983. The lowest BCUT2D eigenvalue weighted by atomic mass is 10.3. The van der Waals surface area contributed by atoms with Gasteiger partial charge >= 0.3 is 6.03 Å². The fourth-order valence-corrected chi connectivity index (χ4v) is 2.27. The van der Waals surface area contributed by atoms with Crippen LogP contribution in [0, 0.1) is 6.92 Å². The molecule has 1 aromatic carbocycles. The second-order valence-corrected chi connectivity index (χ2v) is 5.09. The zero-order chi connectivity index (χ0) is 16.1. The maximum atomic E-state index is 12.4. The first-order chi connectivity index (χ1) is 10.5. The van der Waals surface area contributed by atoms with Crippen LogP contribution in [0.15, 0.2) is 35.1 Å². The molecule has 0 aliphatic rings. The van der Waals surface area contributed by atoms with Crippen LogP contribution in [-0.2, 0) is 0 Å². The van der Waals surface area contributed by atoms with Gasteiger partial charge in [-0.2, -0.15) is 4.68 Å². The fraction of sp³-hybridized carbons (Fsp3) is 0.333. The van der Waals surface area contributed by atoms with Crippen LogP contribution in [0.5, 0.6) is 0 Å². The number of hydrogen-bond donors (Lipinski definition) is 3. The summed E-state index contributed by atoms with van der Waals surface area (Å²) in [5, 5.41) is 5.49. The average molecular weight is 303 g/mol. The summed E-state index contributed by atoms with van der Waals surface area (Å²) in [6.07, 6.45) is 0.775. The Morgan fingerprint density at radius 1 is 1.36 bits per heavy atom. The van der Waals surface area contributed by atoms with Crippen molar-refractivity contribution in [3.8, 4) is 0 Å². The van der Waals surface area contributed by atoms with Crippen molar-refractivity contribution in [2.45, 2.75) is 13.3 Å². The summed E-state index contributed by atoms with van der Waals surface area (Å²) in [7, 11) is 1.81. The predicted octanol–water partition coefficient (Wildman–Crippen LogP) is 1.35. The number of carbonyl (C=O) groups is 1. The van der Waals surface area contributed by atoms with Gasteiger partial charge in [-0.05, 0) is 32.0 Å². The van der Waals surface area contributed by atoms with Crippen molar-refractivity contribution >= 4 is 17.4 Å². The van der Waals surface area contributed by atoms with Gasteiger partial charge in [0.1, 0.15) is 5.69 Å². The second kappa shape index (κ2) is 6.95. The minimum atomic E-state index is -0.516. The van der Waals surface area contributed by atoms with E-state index in [0.29, 0.717) is 30.2 Å². The number of benzene rings is 1. The minimum Gasteiger partial charge on any atom is -0.369 e. The molecule has 0 unspecified atom stereocenters. The van der Waals surface area contributed by atoms with E-state index in [4.69, 9.17) is 5.73 Å². The Morgan fingerprint density at radius 3 is 2.68 bits per heavy atom. The first-order valence-electron chi connectivity index (χ1n) is 7.14. The van der Waals surface area contributed by atoms with Crippen molar-refractivity contribution < 1.29 is 4.79 Å². The summed E-state index contributed by atoms with van der Waals surface area (Å²) in [6.45, 7) is 2.98. The molecule has 1 aromatic heterocycles. The van der Waals surface area contributed by atoms with E-state index >= 15 is 0 Å². The van der Waals surface area contributed by atoms with Gasteiger partial charge in [0.05, 0.1) is 5.69 Å². The molecule has 0 radical (unpaired) electrons. The second-order valence-electron chi connectivity index (χ2n) is 5.09. The van der Waals surface area contributed by atoms with E-state index in [1.54, 1.807) is 19.1 Å². The van der Waals surface area contributed by atoms with Crippen molar-refractivity contribution in [2.24, 2.45) is 5.73 Å². The van der Waals surface area contributed by atoms with Crippen molar-refractivity contribution in [1.82, 2.24) is 9.78 Å². The normalized spacial score (nSPS) is 10.5. The molecular formula is C15H21N5O2. The fourth-order valence-electron chi connectivity index (χ4n) is 2.27. The Bertz CT molecular complexity index is 690. The van der Waals surface area contributed by atoms with Crippen molar-refractivity contribution in [1.29, 1.82) is 0 Å². The molecule has 0 aliphatic heterocycles. The molecule has 22 heavy (non-hydrogen) atoms. The zero-order valence-corrected chi connectivity index (χ0v) is 12.8. The maximum absolute atomic E-state index is 12.4. The molecule has 1 heterocycles. The Kier molecular flexibility index (Phi) is 5.00. The van der Waals surface area contributed by atoms with Crippen molar-refractivity contribution in [3.63, 3.8) is 0 Å². The lowest BCUT2D eigenvalue weighted by Gasteiger charge is -2.16. The molecule has 1 amide bonds. The number of aromatic amines is 1. The summed E-state index contributed by atoms with van der Waals surface area (Å²) in [5.74, 6) is 0. The van der Waals surface area contributed by atoms with Crippen molar-refractivity contribution in [2.75, 3.05) is 30.4 Å². The monoisotopic (exact) mass is 303 g/mol. The number of aryl methyl sites for hydroxylation is 1. The Morgan fingerprint density at radius 2 is 2.05 bits per heavy atom. The number of H-pyrrole nitrogens is 1. The summed E-state index contributed by atoms with van der Waals surface area (Å²) >= 11 is 0. The van der Waals surface area contributed by atoms with Gasteiger partial charge in [-0.15, -0.1) is 0 Å². The highest BCUT2D eigenvalue weighted by molar-refractivity contribution is 5.90. The number of nitrogens with two attached hydrogens (primary N) is 1. The summed E-state index contributed by atoms with van der Waals surface area (Å²) in [4.78, 5) is 26.5. The van der Waals surface area contributed by atoms with E-state index < -0.39 is 6.03 Å². The quantitative estimate of drug-likeness (QED) is 0.777. The lowest BCUT2D eigenvalue weighted by molar-refractivity contribution is 0.250. The van der Waals surface area contributed by atoms with Gasteiger partial charge < -0.3 is 16.0 Å². The van der Waals surface area contributed by atoms with Gasteiger partial charge in [0.25, 0.3) is 5.56 Å². The number of nitrogens with one attached hydrogen (secondary N) is 2. The highest BCUT2D eigenvalue weighted by Crippen LogP contribution is 2.12. The number of aromatic nitrogens is 2. The van der Waals surface area contributed by atoms with Crippen LogP contribution in [0.3, 0.4) is 0 Å². The van der Waals surface area contributed by atoms with E-state index in [0.717, 1.165) is 11.1 Å². The van der Waals surface area contributed by atoms with E-state index in [9.17, 15) is 9.59 Å². The highest BCUT2D eigenvalue weighted by Gasteiger charge is 2.18. The van der Waals surface area contributed by atoms with Crippen LogP contribution in [0.25, 0.3) is 0 Å². The predicted molar refractivity (Wildman–Crippen MR) is 87.6 cm³/mol. The van der Waals surface area contributed by atoms with Gasteiger partial charge in [-0.1, -0.05) is 18.2 Å². The number of para-hydroxylation sites is 1. The van der Waals surface area contributed by atoms with Crippen LogP contribution in [0.4, 0.5) is 16.2 Å². The molecule has 0 aliphatic carbocycles. The smallest absolute Gasteiger partial charge is 0.348 e. The standard InChI is InChI=1S/C15H21N5O2/c1-11-13(19(2)10-6-9-16)14(21)20(18-11)15(22)17-12-7-4-3-5-8-12/h3-5,7-8,18H,6,9-10,16H2,1-2H3,(H,17,22).